The molecular weight excluding hydrogens is 364 g/mol. The van der Waals surface area contributed by atoms with Gasteiger partial charge in [0.25, 0.3) is 0 Å². The van der Waals surface area contributed by atoms with Crippen LogP contribution in [0.2, 0.25) is 0 Å². The van der Waals surface area contributed by atoms with Crippen LogP contribution in [0.5, 0.6) is 0 Å². The Balaban J connectivity index is 1.45. The van der Waals surface area contributed by atoms with Gasteiger partial charge in [0.1, 0.15) is 12.4 Å². The van der Waals surface area contributed by atoms with Gasteiger partial charge in [-0.1, -0.05) is 50.7 Å². The summed E-state index contributed by atoms with van der Waals surface area (Å²) < 4.78 is 1.95. The van der Waals surface area contributed by atoms with Gasteiger partial charge in [0.2, 0.25) is 11.8 Å². The lowest BCUT2D eigenvalue weighted by molar-refractivity contribution is -0.126. The second-order valence-electron chi connectivity index (χ2n) is 8.56. The molecule has 2 N–H and O–H groups in total. The molecule has 2 aromatic rings. The first-order valence-corrected chi connectivity index (χ1v) is 11.2. The van der Waals surface area contributed by atoms with E-state index in [1.807, 2.05) is 28.8 Å². The first-order chi connectivity index (χ1) is 14.2. The quantitative estimate of drug-likeness (QED) is 0.782. The zero-order valence-electron chi connectivity index (χ0n) is 17.2. The van der Waals surface area contributed by atoms with Gasteiger partial charge in [-0.15, -0.1) is 0 Å². The number of hydrogen-bond acceptors (Lipinski definition) is 3. The van der Waals surface area contributed by atoms with Crippen LogP contribution in [-0.4, -0.2) is 27.4 Å². The van der Waals surface area contributed by atoms with E-state index < -0.39 is 0 Å². The molecule has 2 aliphatic rings. The van der Waals surface area contributed by atoms with Crippen molar-refractivity contribution < 1.29 is 9.59 Å². The van der Waals surface area contributed by atoms with Gasteiger partial charge < -0.3 is 15.2 Å². The monoisotopic (exact) mass is 396 g/mol. The van der Waals surface area contributed by atoms with E-state index >= 15 is 0 Å². The molecule has 2 aliphatic carbocycles. The van der Waals surface area contributed by atoms with Crippen LogP contribution in [0.1, 0.15) is 70.0 Å². The van der Waals surface area contributed by atoms with Gasteiger partial charge in [0.05, 0.1) is 17.6 Å². The Bertz CT molecular complexity index is 848. The average molecular weight is 397 g/mol. The topological polar surface area (TPSA) is 76.0 Å². The molecule has 4 rings (SSSR count). The molecule has 29 heavy (non-hydrogen) atoms. The van der Waals surface area contributed by atoms with Crippen LogP contribution in [0.3, 0.4) is 0 Å². The second-order valence-corrected chi connectivity index (χ2v) is 8.56. The van der Waals surface area contributed by atoms with E-state index in [9.17, 15) is 9.59 Å². The van der Waals surface area contributed by atoms with Gasteiger partial charge in [-0.2, -0.15) is 0 Å². The van der Waals surface area contributed by atoms with Crippen molar-refractivity contribution in [1.82, 2.24) is 20.2 Å². The Morgan fingerprint density at radius 3 is 2.41 bits per heavy atom. The number of nitrogens with zero attached hydrogens (tertiary/aromatic N) is 2. The molecule has 0 atom stereocenters. The number of para-hydroxylation sites is 2. The molecule has 1 heterocycles. The van der Waals surface area contributed by atoms with Gasteiger partial charge in [-0.3, -0.25) is 9.59 Å². The molecule has 0 radical (unpaired) electrons. The molecule has 1 aromatic carbocycles. The SMILES string of the molecule is O=C(Cn1c(CNC(=O)C2CCCCC2)nc2ccccc21)NC1CCCCC1. The van der Waals surface area contributed by atoms with Crippen LogP contribution in [0.15, 0.2) is 24.3 Å². The number of rotatable bonds is 6. The maximum atomic E-state index is 12.7. The standard InChI is InChI=1S/C23H32N4O2/c28-22(25-18-11-5-2-6-12-18)16-27-20-14-8-7-13-19(20)26-21(27)15-24-23(29)17-9-3-1-4-10-17/h7-8,13-14,17-18H,1-6,9-12,15-16H2,(H,24,29)(H,25,28). The van der Waals surface area contributed by atoms with Crippen molar-refractivity contribution in [2.45, 2.75) is 83.3 Å². The third-order valence-corrected chi connectivity index (χ3v) is 6.40. The van der Waals surface area contributed by atoms with E-state index in [2.05, 4.69) is 10.6 Å². The van der Waals surface area contributed by atoms with Crippen LogP contribution in [0.4, 0.5) is 0 Å². The molecular formula is C23H32N4O2. The lowest BCUT2D eigenvalue weighted by Crippen LogP contribution is -2.38. The Hall–Kier alpha value is -2.37. The van der Waals surface area contributed by atoms with Gasteiger partial charge in [-0.25, -0.2) is 4.98 Å². The van der Waals surface area contributed by atoms with Gasteiger partial charge >= 0.3 is 0 Å². The highest BCUT2D eigenvalue weighted by Crippen LogP contribution is 2.24. The van der Waals surface area contributed by atoms with Crippen molar-refractivity contribution in [2.24, 2.45) is 5.92 Å². The van der Waals surface area contributed by atoms with Crippen LogP contribution < -0.4 is 10.6 Å². The summed E-state index contributed by atoms with van der Waals surface area (Å²) in [6.07, 6.45) is 11.3. The first kappa shape index (κ1) is 19.9. The Kier molecular flexibility index (Phi) is 6.47. The minimum absolute atomic E-state index is 0.0277. The fourth-order valence-electron chi connectivity index (χ4n) is 4.78. The second kappa shape index (κ2) is 9.42. The number of nitrogens with one attached hydrogen (secondary N) is 2. The third kappa shape index (κ3) is 4.98. The van der Waals surface area contributed by atoms with E-state index in [0.717, 1.165) is 55.4 Å². The molecule has 2 fully saturated rings. The largest absolute Gasteiger partial charge is 0.352 e. The van der Waals surface area contributed by atoms with Crippen LogP contribution >= 0.6 is 0 Å². The van der Waals surface area contributed by atoms with E-state index in [0.29, 0.717) is 12.6 Å². The molecule has 1 aromatic heterocycles. The van der Waals surface area contributed by atoms with E-state index in [-0.39, 0.29) is 24.3 Å². The normalized spacial score (nSPS) is 18.6. The van der Waals surface area contributed by atoms with E-state index in [1.54, 1.807) is 0 Å². The molecule has 0 bridgehead atoms. The molecule has 6 heteroatoms. The molecule has 156 valence electrons. The van der Waals surface area contributed by atoms with Crippen LogP contribution in [0, 0.1) is 5.92 Å². The summed E-state index contributed by atoms with van der Waals surface area (Å²) in [4.78, 5) is 30.0. The summed E-state index contributed by atoms with van der Waals surface area (Å²) in [7, 11) is 0. The average Bonchev–Trinajstić information content (AvgIpc) is 3.10. The summed E-state index contributed by atoms with van der Waals surface area (Å²) in [6, 6.07) is 8.15. The van der Waals surface area contributed by atoms with Gasteiger partial charge in [0.15, 0.2) is 0 Å². The zero-order chi connectivity index (χ0) is 20.1. The summed E-state index contributed by atoms with van der Waals surface area (Å²) in [5.74, 6) is 1.01. The van der Waals surface area contributed by atoms with Crippen LogP contribution in [-0.2, 0) is 22.7 Å². The minimum atomic E-state index is 0.0277. The predicted octanol–water partition coefficient (Wildman–Crippen LogP) is 3.68. The maximum absolute atomic E-state index is 12.7. The Labute approximate surface area is 172 Å². The van der Waals surface area contributed by atoms with Gasteiger partial charge in [-0.05, 0) is 37.8 Å². The zero-order valence-corrected chi connectivity index (χ0v) is 17.2. The number of carbonyl (C=O) groups excluding carboxylic acids is 2. The van der Waals surface area contributed by atoms with Crippen molar-refractivity contribution in [3.8, 4) is 0 Å². The van der Waals surface area contributed by atoms with E-state index in [1.165, 1.54) is 25.7 Å². The maximum Gasteiger partial charge on any atom is 0.240 e. The molecule has 6 nitrogen and oxygen atoms in total. The molecule has 0 saturated heterocycles. The first-order valence-electron chi connectivity index (χ1n) is 11.2. The Morgan fingerprint density at radius 2 is 1.66 bits per heavy atom. The van der Waals surface area contributed by atoms with Crippen molar-refractivity contribution in [2.75, 3.05) is 0 Å². The number of benzene rings is 1. The fraction of sp³-hybridized carbons (Fsp3) is 0.609. The fourth-order valence-corrected chi connectivity index (χ4v) is 4.78. The number of aromatic nitrogens is 2. The lowest BCUT2D eigenvalue weighted by atomic mass is 9.89. The number of hydrogen-bond donors (Lipinski definition) is 2. The molecule has 0 aliphatic heterocycles. The molecule has 0 unspecified atom stereocenters. The summed E-state index contributed by atoms with van der Waals surface area (Å²) in [6.45, 7) is 0.604. The van der Waals surface area contributed by atoms with Crippen molar-refractivity contribution >= 4 is 22.8 Å². The highest BCUT2D eigenvalue weighted by Gasteiger charge is 2.22. The number of fused-ring (bicyclic) bond motifs is 1. The van der Waals surface area contributed by atoms with E-state index in [4.69, 9.17) is 4.98 Å². The van der Waals surface area contributed by atoms with Crippen molar-refractivity contribution in [3.63, 3.8) is 0 Å². The van der Waals surface area contributed by atoms with Crippen LogP contribution in [0.25, 0.3) is 11.0 Å². The third-order valence-electron chi connectivity index (χ3n) is 6.40. The lowest BCUT2D eigenvalue weighted by Gasteiger charge is -2.23. The smallest absolute Gasteiger partial charge is 0.240 e. The number of imidazole rings is 1. The van der Waals surface area contributed by atoms with Gasteiger partial charge in [0, 0.05) is 12.0 Å². The summed E-state index contributed by atoms with van der Waals surface area (Å²) >= 11 is 0. The Morgan fingerprint density at radius 1 is 0.966 bits per heavy atom. The number of carbonyl (C=O) groups is 2. The van der Waals surface area contributed by atoms with Crippen molar-refractivity contribution in [1.29, 1.82) is 0 Å². The highest BCUT2D eigenvalue weighted by molar-refractivity contribution is 5.82. The summed E-state index contributed by atoms with van der Waals surface area (Å²) in [5.41, 5.74) is 1.80. The highest BCUT2D eigenvalue weighted by atomic mass is 16.2. The predicted molar refractivity (Wildman–Crippen MR) is 113 cm³/mol. The van der Waals surface area contributed by atoms with Crippen molar-refractivity contribution in [3.05, 3.63) is 30.1 Å². The molecule has 0 spiro atoms. The molecule has 2 saturated carbocycles. The molecule has 2 amide bonds. The number of amides is 2. The summed E-state index contributed by atoms with van der Waals surface area (Å²) in [5, 5.41) is 6.26. The minimum Gasteiger partial charge on any atom is -0.352 e.